The van der Waals surface area contributed by atoms with E-state index in [1.807, 2.05) is 20.8 Å². The molecule has 0 aliphatic carbocycles. The average molecular weight is 212 g/mol. The van der Waals surface area contributed by atoms with E-state index in [9.17, 15) is 9.59 Å². The number of hydrogen-bond donors (Lipinski definition) is 1. The van der Waals surface area contributed by atoms with Crippen LogP contribution in [-0.2, 0) is 9.59 Å². The highest BCUT2D eigenvalue weighted by Gasteiger charge is 2.39. The molecule has 0 aromatic heterocycles. The average Bonchev–Trinajstić information content (AvgIpc) is 2.26. The molecule has 0 spiro atoms. The first kappa shape index (κ1) is 12.0. The van der Waals surface area contributed by atoms with Crippen molar-refractivity contribution in [3.05, 3.63) is 0 Å². The van der Waals surface area contributed by atoms with Crippen LogP contribution in [0.3, 0.4) is 0 Å². The van der Waals surface area contributed by atoms with Gasteiger partial charge >= 0.3 is 0 Å². The lowest BCUT2D eigenvalue weighted by molar-refractivity contribution is -0.139. The fraction of sp³-hybridized carbons (Fsp3) is 0.818. The van der Waals surface area contributed by atoms with E-state index in [1.165, 1.54) is 0 Å². The lowest BCUT2D eigenvalue weighted by Gasteiger charge is -2.33. The highest BCUT2D eigenvalue weighted by atomic mass is 16.2. The summed E-state index contributed by atoms with van der Waals surface area (Å²) in [5.74, 6) is 0.00157. The van der Waals surface area contributed by atoms with Gasteiger partial charge in [0.05, 0.1) is 0 Å². The molecule has 86 valence electrons. The molecule has 15 heavy (non-hydrogen) atoms. The first-order valence-electron chi connectivity index (χ1n) is 5.53. The number of carbonyl (C=O) groups excluding carboxylic acids is 2. The van der Waals surface area contributed by atoms with Gasteiger partial charge in [-0.2, -0.15) is 0 Å². The van der Waals surface area contributed by atoms with Gasteiger partial charge in [0, 0.05) is 19.0 Å². The summed E-state index contributed by atoms with van der Waals surface area (Å²) in [7, 11) is 0. The molecule has 1 fully saturated rings. The maximum Gasteiger partial charge on any atom is 0.248 e. The van der Waals surface area contributed by atoms with Crippen LogP contribution in [0.5, 0.6) is 0 Å². The van der Waals surface area contributed by atoms with Crippen molar-refractivity contribution in [3.63, 3.8) is 0 Å². The first-order chi connectivity index (χ1) is 6.90. The Morgan fingerprint density at radius 3 is 2.53 bits per heavy atom. The van der Waals surface area contributed by atoms with Gasteiger partial charge in [0.15, 0.2) is 0 Å². The third kappa shape index (κ3) is 2.30. The van der Waals surface area contributed by atoms with Crippen molar-refractivity contribution in [2.45, 2.75) is 52.1 Å². The zero-order valence-corrected chi connectivity index (χ0v) is 9.96. The van der Waals surface area contributed by atoms with Gasteiger partial charge in [-0.1, -0.05) is 6.92 Å². The molecule has 0 aromatic rings. The molecular formula is C11H20N2O2. The zero-order valence-electron chi connectivity index (χ0n) is 9.96. The van der Waals surface area contributed by atoms with Crippen LogP contribution in [0.25, 0.3) is 0 Å². The van der Waals surface area contributed by atoms with Gasteiger partial charge in [-0.3, -0.25) is 9.59 Å². The number of hydrogen-bond acceptors (Lipinski definition) is 2. The van der Waals surface area contributed by atoms with Gasteiger partial charge in [-0.25, -0.2) is 0 Å². The van der Waals surface area contributed by atoms with E-state index in [1.54, 1.807) is 11.8 Å². The van der Waals surface area contributed by atoms with E-state index in [0.29, 0.717) is 19.4 Å². The second-order valence-corrected chi connectivity index (χ2v) is 4.58. The normalized spacial score (nSPS) is 27.9. The van der Waals surface area contributed by atoms with E-state index in [2.05, 4.69) is 5.32 Å². The maximum absolute atomic E-state index is 12.2. The minimum Gasteiger partial charge on any atom is -0.342 e. The smallest absolute Gasteiger partial charge is 0.248 e. The van der Waals surface area contributed by atoms with Crippen molar-refractivity contribution in [1.82, 2.24) is 10.2 Å². The Kier molecular flexibility index (Phi) is 3.37. The molecule has 0 radical (unpaired) electrons. The van der Waals surface area contributed by atoms with E-state index in [4.69, 9.17) is 0 Å². The monoisotopic (exact) mass is 212 g/mol. The van der Waals surface area contributed by atoms with Crippen molar-refractivity contribution in [2.75, 3.05) is 6.54 Å². The molecule has 4 heteroatoms. The zero-order chi connectivity index (χ0) is 11.6. The Bertz CT molecular complexity index is 276. The lowest BCUT2D eigenvalue weighted by Crippen LogP contribution is -2.55. The minimum absolute atomic E-state index is 0.0316. The molecule has 1 heterocycles. The maximum atomic E-state index is 12.2. The Morgan fingerprint density at radius 1 is 1.47 bits per heavy atom. The standard InChI is InChI=1S/C11H20N2O2/c1-5-11(4)10(15)13(8(2)3)7-6-9(14)12-11/h8H,5-7H2,1-4H3,(H,12,14). The summed E-state index contributed by atoms with van der Waals surface area (Å²) in [6.45, 7) is 8.20. The molecule has 0 bridgehead atoms. The highest BCUT2D eigenvalue weighted by Crippen LogP contribution is 2.19. The number of rotatable bonds is 2. The summed E-state index contributed by atoms with van der Waals surface area (Å²) in [5, 5.41) is 2.81. The molecule has 1 aliphatic rings. The van der Waals surface area contributed by atoms with E-state index in [-0.39, 0.29) is 17.9 Å². The summed E-state index contributed by atoms with van der Waals surface area (Å²) >= 11 is 0. The summed E-state index contributed by atoms with van der Waals surface area (Å²) in [6, 6.07) is 0.149. The SMILES string of the molecule is CCC1(C)NC(=O)CCN(C(C)C)C1=O. The lowest BCUT2D eigenvalue weighted by atomic mass is 9.97. The van der Waals surface area contributed by atoms with E-state index >= 15 is 0 Å². The highest BCUT2D eigenvalue weighted by molar-refractivity contribution is 5.93. The minimum atomic E-state index is -0.724. The van der Waals surface area contributed by atoms with Gasteiger partial charge in [-0.05, 0) is 27.2 Å². The molecule has 2 amide bonds. The topological polar surface area (TPSA) is 49.4 Å². The molecule has 1 saturated heterocycles. The van der Waals surface area contributed by atoms with Crippen LogP contribution in [-0.4, -0.2) is 34.8 Å². The molecule has 4 nitrogen and oxygen atoms in total. The number of nitrogens with zero attached hydrogens (tertiary/aromatic N) is 1. The fourth-order valence-corrected chi connectivity index (χ4v) is 1.80. The molecule has 1 aliphatic heterocycles. The number of carbonyl (C=O) groups is 2. The Balaban J connectivity index is 2.97. The fourth-order valence-electron chi connectivity index (χ4n) is 1.80. The quantitative estimate of drug-likeness (QED) is 0.739. The molecule has 0 aromatic carbocycles. The van der Waals surface area contributed by atoms with Gasteiger partial charge in [-0.15, -0.1) is 0 Å². The van der Waals surface area contributed by atoms with Crippen LogP contribution >= 0.6 is 0 Å². The molecule has 1 atom stereocenters. The van der Waals surface area contributed by atoms with Crippen molar-refractivity contribution in [1.29, 1.82) is 0 Å². The van der Waals surface area contributed by atoms with Crippen molar-refractivity contribution in [2.24, 2.45) is 0 Å². The van der Waals surface area contributed by atoms with Crippen molar-refractivity contribution >= 4 is 11.8 Å². The van der Waals surface area contributed by atoms with Crippen LogP contribution in [0.1, 0.15) is 40.5 Å². The third-order valence-corrected chi connectivity index (χ3v) is 3.06. The van der Waals surface area contributed by atoms with Gasteiger partial charge in [0.1, 0.15) is 5.54 Å². The van der Waals surface area contributed by atoms with Crippen molar-refractivity contribution in [3.8, 4) is 0 Å². The van der Waals surface area contributed by atoms with Gasteiger partial charge in [0.2, 0.25) is 11.8 Å². The van der Waals surface area contributed by atoms with Crippen LogP contribution < -0.4 is 5.32 Å². The Morgan fingerprint density at radius 2 is 2.07 bits per heavy atom. The second kappa shape index (κ2) is 4.21. The van der Waals surface area contributed by atoms with Crippen LogP contribution in [0, 0.1) is 0 Å². The second-order valence-electron chi connectivity index (χ2n) is 4.58. The Labute approximate surface area is 91.0 Å². The molecule has 0 saturated carbocycles. The summed E-state index contributed by atoms with van der Waals surface area (Å²) in [4.78, 5) is 25.5. The molecule has 1 rings (SSSR count). The summed E-state index contributed by atoms with van der Waals surface area (Å²) in [6.07, 6.45) is 1.03. The number of nitrogens with one attached hydrogen (secondary N) is 1. The van der Waals surface area contributed by atoms with E-state index in [0.717, 1.165) is 0 Å². The number of amides is 2. The predicted octanol–water partition coefficient (Wildman–Crippen LogP) is 0.912. The molecule has 1 N–H and O–H groups in total. The van der Waals surface area contributed by atoms with Crippen molar-refractivity contribution < 1.29 is 9.59 Å². The first-order valence-corrected chi connectivity index (χ1v) is 5.53. The van der Waals surface area contributed by atoms with Crippen LogP contribution in [0.2, 0.25) is 0 Å². The van der Waals surface area contributed by atoms with Gasteiger partial charge < -0.3 is 10.2 Å². The summed E-state index contributed by atoms with van der Waals surface area (Å²) in [5.41, 5.74) is -0.724. The van der Waals surface area contributed by atoms with Crippen LogP contribution in [0.4, 0.5) is 0 Å². The summed E-state index contributed by atoms with van der Waals surface area (Å²) < 4.78 is 0. The van der Waals surface area contributed by atoms with Gasteiger partial charge in [0.25, 0.3) is 0 Å². The Hall–Kier alpha value is -1.06. The molecule has 1 unspecified atom stereocenters. The largest absolute Gasteiger partial charge is 0.342 e. The van der Waals surface area contributed by atoms with E-state index < -0.39 is 5.54 Å². The van der Waals surface area contributed by atoms with Crippen LogP contribution in [0.15, 0.2) is 0 Å². The molecular weight excluding hydrogens is 192 g/mol. The predicted molar refractivity (Wildman–Crippen MR) is 58.3 cm³/mol. The third-order valence-electron chi connectivity index (χ3n) is 3.06.